The van der Waals surface area contributed by atoms with Crippen molar-refractivity contribution in [2.24, 2.45) is 0 Å². The molecule has 1 aromatic carbocycles. The molecule has 1 atom stereocenters. The number of H-pyrrole nitrogens is 1. The van der Waals surface area contributed by atoms with Crippen molar-refractivity contribution in [1.82, 2.24) is 15.5 Å². The fourth-order valence-electron chi connectivity index (χ4n) is 1.79. The number of rotatable bonds is 3. The maximum Gasteiger partial charge on any atom is 0.416 e. The van der Waals surface area contributed by atoms with Crippen molar-refractivity contribution in [3.63, 3.8) is 0 Å². The molecule has 0 saturated carbocycles. The zero-order valence-corrected chi connectivity index (χ0v) is 11.4. The first-order valence-electron chi connectivity index (χ1n) is 6.31. The van der Waals surface area contributed by atoms with E-state index in [1.54, 1.807) is 6.92 Å². The fraction of sp³-hybridized carbons (Fsp3) is 0.214. The Balaban J connectivity index is 2.08. The Hall–Kier alpha value is -2.64. The number of carbonyl (C=O) groups excluding carboxylic acids is 1. The molecule has 1 unspecified atom stereocenters. The molecule has 22 heavy (non-hydrogen) atoms. The molecule has 2 rings (SSSR count). The first-order valence-corrected chi connectivity index (χ1v) is 6.31. The SMILES string of the molecule is CC(NC(=O)c1ccc(=O)[nH]n1)c1ccc(C(F)(F)F)cc1. The number of halogens is 3. The second-order valence-corrected chi connectivity index (χ2v) is 4.62. The predicted octanol–water partition coefficient (Wildman–Crippen LogP) is 2.28. The molecule has 0 aliphatic rings. The lowest BCUT2D eigenvalue weighted by Gasteiger charge is -2.15. The number of aromatic nitrogens is 2. The van der Waals surface area contributed by atoms with E-state index in [9.17, 15) is 22.8 Å². The number of nitrogens with one attached hydrogen (secondary N) is 2. The number of hydrogen-bond acceptors (Lipinski definition) is 3. The summed E-state index contributed by atoms with van der Waals surface area (Å²) in [5.74, 6) is -0.538. The average molecular weight is 311 g/mol. The van der Waals surface area contributed by atoms with E-state index in [1.165, 1.54) is 18.2 Å². The van der Waals surface area contributed by atoms with Gasteiger partial charge in [0.15, 0.2) is 0 Å². The summed E-state index contributed by atoms with van der Waals surface area (Å²) in [6, 6.07) is 6.41. The molecular weight excluding hydrogens is 299 g/mol. The predicted molar refractivity (Wildman–Crippen MR) is 72.2 cm³/mol. The lowest BCUT2D eigenvalue weighted by molar-refractivity contribution is -0.137. The molecule has 5 nitrogen and oxygen atoms in total. The van der Waals surface area contributed by atoms with Crippen LogP contribution in [0.4, 0.5) is 13.2 Å². The van der Waals surface area contributed by atoms with Crippen LogP contribution < -0.4 is 10.9 Å². The molecule has 0 bridgehead atoms. The number of hydrogen-bond donors (Lipinski definition) is 2. The van der Waals surface area contributed by atoms with E-state index in [0.29, 0.717) is 5.56 Å². The first kappa shape index (κ1) is 15.7. The summed E-state index contributed by atoms with van der Waals surface area (Å²) < 4.78 is 37.4. The normalized spacial score (nSPS) is 12.7. The van der Waals surface area contributed by atoms with Crippen LogP contribution in [0.3, 0.4) is 0 Å². The van der Waals surface area contributed by atoms with Gasteiger partial charge in [0.05, 0.1) is 11.6 Å². The Morgan fingerprint density at radius 1 is 1.18 bits per heavy atom. The summed E-state index contributed by atoms with van der Waals surface area (Å²) >= 11 is 0. The van der Waals surface area contributed by atoms with Gasteiger partial charge in [0, 0.05) is 6.07 Å². The van der Waals surface area contributed by atoms with E-state index in [-0.39, 0.29) is 5.69 Å². The van der Waals surface area contributed by atoms with Crippen molar-refractivity contribution < 1.29 is 18.0 Å². The van der Waals surface area contributed by atoms with Crippen molar-refractivity contribution in [2.75, 3.05) is 0 Å². The molecule has 0 aliphatic heterocycles. The van der Waals surface area contributed by atoms with Crippen molar-refractivity contribution >= 4 is 5.91 Å². The zero-order chi connectivity index (χ0) is 16.3. The standard InChI is InChI=1S/C14H12F3N3O2/c1-8(9-2-4-10(5-3-9)14(15,16)17)18-13(22)11-6-7-12(21)20-19-11/h2-8H,1H3,(H,18,22)(H,20,21). The van der Waals surface area contributed by atoms with E-state index in [1.807, 2.05) is 0 Å². The minimum Gasteiger partial charge on any atom is -0.344 e. The number of nitrogens with zero attached hydrogens (tertiary/aromatic N) is 1. The second-order valence-electron chi connectivity index (χ2n) is 4.62. The molecule has 0 spiro atoms. The Bertz CT molecular complexity index is 703. The van der Waals surface area contributed by atoms with Crippen LogP contribution in [0.2, 0.25) is 0 Å². The smallest absolute Gasteiger partial charge is 0.344 e. The highest BCUT2D eigenvalue weighted by molar-refractivity contribution is 5.92. The Morgan fingerprint density at radius 2 is 1.82 bits per heavy atom. The van der Waals surface area contributed by atoms with Gasteiger partial charge in [-0.1, -0.05) is 12.1 Å². The molecule has 0 saturated heterocycles. The molecule has 1 amide bonds. The lowest BCUT2D eigenvalue weighted by atomic mass is 10.1. The summed E-state index contributed by atoms with van der Waals surface area (Å²) in [5.41, 5.74) is -0.659. The fourth-order valence-corrected chi connectivity index (χ4v) is 1.79. The highest BCUT2D eigenvalue weighted by atomic mass is 19.4. The van der Waals surface area contributed by atoms with Gasteiger partial charge in [-0.2, -0.15) is 18.3 Å². The van der Waals surface area contributed by atoms with Gasteiger partial charge in [0.25, 0.3) is 11.5 Å². The lowest BCUT2D eigenvalue weighted by Crippen LogP contribution is -2.28. The monoisotopic (exact) mass is 311 g/mol. The molecule has 116 valence electrons. The van der Waals surface area contributed by atoms with E-state index < -0.39 is 29.2 Å². The van der Waals surface area contributed by atoms with Gasteiger partial charge in [0.1, 0.15) is 5.69 Å². The van der Waals surface area contributed by atoms with Crippen LogP contribution in [0.15, 0.2) is 41.2 Å². The highest BCUT2D eigenvalue weighted by Crippen LogP contribution is 2.29. The first-order chi connectivity index (χ1) is 10.3. The Labute approximate surface area is 123 Å². The van der Waals surface area contributed by atoms with Crippen LogP contribution in [0.1, 0.15) is 34.6 Å². The van der Waals surface area contributed by atoms with E-state index in [0.717, 1.165) is 18.2 Å². The topological polar surface area (TPSA) is 74.8 Å². The molecule has 2 N–H and O–H groups in total. The molecule has 0 radical (unpaired) electrons. The van der Waals surface area contributed by atoms with Gasteiger partial charge in [0.2, 0.25) is 0 Å². The van der Waals surface area contributed by atoms with E-state index in [2.05, 4.69) is 15.5 Å². The third kappa shape index (κ3) is 3.72. The third-order valence-corrected chi connectivity index (χ3v) is 3.00. The molecule has 1 aromatic heterocycles. The van der Waals surface area contributed by atoms with Crippen LogP contribution in [0, 0.1) is 0 Å². The van der Waals surface area contributed by atoms with Crippen molar-refractivity contribution in [2.45, 2.75) is 19.1 Å². The van der Waals surface area contributed by atoms with Crippen molar-refractivity contribution in [3.8, 4) is 0 Å². The summed E-state index contributed by atoms with van der Waals surface area (Å²) in [6.45, 7) is 1.63. The van der Waals surface area contributed by atoms with Gasteiger partial charge in [-0.05, 0) is 30.7 Å². The molecule has 0 aliphatic carbocycles. The van der Waals surface area contributed by atoms with Gasteiger partial charge in [-0.3, -0.25) is 9.59 Å². The maximum absolute atomic E-state index is 12.5. The van der Waals surface area contributed by atoms with E-state index in [4.69, 9.17) is 0 Å². The van der Waals surface area contributed by atoms with Crippen LogP contribution in [-0.2, 0) is 6.18 Å². The Morgan fingerprint density at radius 3 is 2.32 bits per heavy atom. The summed E-state index contributed by atoms with van der Waals surface area (Å²) in [4.78, 5) is 22.7. The van der Waals surface area contributed by atoms with Crippen molar-refractivity contribution in [1.29, 1.82) is 0 Å². The average Bonchev–Trinajstić information content (AvgIpc) is 2.47. The van der Waals surface area contributed by atoms with Crippen LogP contribution in [-0.4, -0.2) is 16.1 Å². The quantitative estimate of drug-likeness (QED) is 0.913. The molecule has 2 aromatic rings. The summed E-state index contributed by atoms with van der Waals surface area (Å²) in [7, 11) is 0. The maximum atomic E-state index is 12.5. The minimum atomic E-state index is -4.40. The molecular formula is C14H12F3N3O2. The van der Waals surface area contributed by atoms with Gasteiger partial charge >= 0.3 is 6.18 Å². The second kappa shape index (κ2) is 6.00. The van der Waals surface area contributed by atoms with Crippen LogP contribution >= 0.6 is 0 Å². The summed E-state index contributed by atoms with van der Waals surface area (Å²) in [5, 5.41) is 8.28. The molecule has 1 heterocycles. The van der Waals surface area contributed by atoms with Gasteiger partial charge in [-0.15, -0.1) is 0 Å². The zero-order valence-electron chi connectivity index (χ0n) is 11.4. The number of alkyl halides is 3. The number of carbonyl (C=O) groups is 1. The van der Waals surface area contributed by atoms with Gasteiger partial charge < -0.3 is 5.32 Å². The number of benzene rings is 1. The van der Waals surface area contributed by atoms with Crippen LogP contribution in [0.25, 0.3) is 0 Å². The number of aromatic amines is 1. The Kier molecular flexibility index (Phi) is 4.30. The third-order valence-electron chi connectivity index (χ3n) is 3.00. The van der Waals surface area contributed by atoms with Gasteiger partial charge in [-0.25, -0.2) is 5.10 Å². The summed E-state index contributed by atoms with van der Waals surface area (Å²) in [6.07, 6.45) is -4.40. The van der Waals surface area contributed by atoms with E-state index >= 15 is 0 Å². The molecule has 0 fully saturated rings. The highest BCUT2D eigenvalue weighted by Gasteiger charge is 2.30. The molecule has 8 heteroatoms. The van der Waals surface area contributed by atoms with Crippen LogP contribution in [0.5, 0.6) is 0 Å². The minimum absolute atomic E-state index is 0.0124. The number of amides is 1. The van der Waals surface area contributed by atoms with Crippen molar-refractivity contribution in [3.05, 3.63) is 63.6 Å². The largest absolute Gasteiger partial charge is 0.416 e.